The summed E-state index contributed by atoms with van der Waals surface area (Å²) in [5.41, 5.74) is 2.12. The second kappa shape index (κ2) is 6.46. The minimum atomic E-state index is -1.06. The largest absolute Gasteiger partial charge is 0.480 e. The molecule has 6 heteroatoms. The van der Waals surface area contributed by atoms with Crippen LogP contribution in [0.3, 0.4) is 0 Å². The van der Waals surface area contributed by atoms with Crippen molar-refractivity contribution in [3.05, 3.63) is 69.2 Å². The third-order valence-electron chi connectivity index (χ3n) is 4.34. The third kappa shape index (κ3) is 2.87. The molecule has 0 aliphatic carbocycles. The van der Waals surface area contributed by atoms with E-state index in [-0.39, 0.29) is 18.4 Å². The summed E-state index contributed by atoms with van der Waals surface area (Å²) in [4.78, 5) is 25.5. The van der Waals surface area contributed by atoms with Gasteiger partial charge in [0.25, 0.3) is 5.91 Å². The zero-order chi connectivity index (χ0) is 17.4. The van der Waals surface area contributed by atoms with Gasteiger partial charge in [-0.3, -0.25) is 9.59 Å². The van der Waals surface area contributed by atoms with Gasteiger partial charge in [-0.05, 0) is 29.3 Å². The van der Waals surface area contributed by atoms with Crippen molar-refractivity contribution in [2.24, 2.45) is 0 Å². The zero-order valence-corrected chi connectivity index (χ0v) is 14.4. The Morgan fingerprint density at radius 1 is 1.17 bits per heavy atom. The van der Waals surface area contributed by atoms with E-state index in [0.717, 1.165) is 5.56 Å². The van der Waals surface area contributed by atoms with Crippen LogP contribution in [-0.2, 0) is 4.79 Å². The Kier molecular flexibility index (Phi) is 4.52. The van der Waals surface area contributed by atoms with Crippen molar-refractivity contribution < 1.29 is 14.7 Å². The van der Waals surface area contributed by atoms with E-state index in [2.05, 4.69) is 0 Å². The number of rotatable bonds is 3. The maximum absolute atomic E-state index is 12.9. The number of aliphatic carboxylic acids is 1. The number of amides is 1. The molecule has 124 valence electrons. The average molecular weight is 364 g/mol. The van der Waals surface area contributed by atoms with Gasteiger partial charge in [-0.25, -0.2) is 0 Å². The van der Waals surface area contributed by atoms with Crippen LogP contribution < -0.4 is 0 Å². The minimum Gasteiger partial charge on any atom is -0.480 e. The summed E-state index contributed by atoms with van der Waals surface area (Å²) in [7, 11) is 0. The molecule has 2 atom stereocenters. The van der Waals surface area contributed by atoms with E-state index in [1.165, 1.54) is 4.90 Å². The number of halogens is 2. The van der Waals surface area contributed by atoms with Crippen LogP contribution in [0.25, 0.3) is 0 Å². The van der Waals surface area contributed by atoms with Crippen molar-refractivity contribution in [3.63, 3.8) is 0 Å². The first-order valence-corrected chi connectivity index (χ1v) is 8.22. The lowest BCUT2D eigenvalue weighted by molar-refractivity contribution is -0.138. The second-order valence-electron chi connectivity index (χ2n) is 5.81. The quantitative estimate of drug-likeness (QED) is 0.880. The van der Waals surface area contributed by atoms with Crippen LogP contribution in [-0.4, -0.2) is 28.4 Å². The summed E-state index contributed by atoms with van der Waals surface area (Å²) in [6.07, 6.45) is 0. The molecular formula is C18H15Cl2NO3. The lowest BCUT2D eigenvalue weighted by atomic mass is 9.81. The van der Waals surface area contributed by atoms with E-state index in [9.17, 15) is 14.7 Å². The summed E-state index contributed by atoms with van der Waals surface area (Å²) in [5, 5.41) is 10.2. The van der Waals surface area contributed by atoms with Gasteiger partial charge in [0.05, 0.1) is 6.04 Å². The Morgan fingerprint density at radius 3 is 2.54 bits per heavy atom. The lowest BCUT2D eigenvalue weighted by Crippen LogP contribution is -2.44. The maximum atomic E-state index is 12.9. The van der Waals surface area contributed by atoms with Crippen LogP contribution in [0.1, 0.15) is 40.4 Å². The molecule has 0 fully saturated rings. The van der Waals surface area contributed by atoms with E-state index < -0.39 is 12.0 Å². The van der Waals surface area contributed by atoms with Crippen molar-refractivity contribution >= 4 is 35.1 Å². The molecule has 3 rings (SSSR count). The van der Waals surface area contributed by atoms with Gasteiger partial charge in [0.15, 0.2) is 0 Å². The highest BCUT2D eigenvalue weighted by Crippen LogP contribution is 2.44. The predicted octanol–water partition coefficient (Wildman–Crippen LogP) is 4.38. The number of hydrogen-bond acceptors (Lipinski definition) is 2. The van der Waals surface area contributed by atoms with Crippen LogP contribution in [0.5, 0.6) is 0 Å². The first-order chi connectivity index (χ1) is 11.4. The zero-order valence-electron chi connectivity index (χ0n) is 12.9. The number of carboxylic acids is 1. The molecule has 0 bridgehead atoms. The minimum absolute atomic E-state index is 0.100. The first kappa shape index (κ1) is 16.8. The molecule has 1 N–H and O–H groups in total. The van der Waals surface area contributed by atoms with Gasteiger partial charge in [0, 0.05) is 21.5 Å². The van der Waals surface area contributed by atoms with Crippen LogP contribution in [0.4, 0.5) is 0 Å². The van der Waals surface area contributed by atoms with Crippen molar-refractivity contribution in [1.82, 2.24) is 4.90 Å². The standard InChI is InChI=1S/C18H15Cl2NO3/c1-10-12-4-2-3-5-13(12)18(24)21(9-16(22)23)17(10)14-7-6-11(19)8-15(14)20/h2-8,10,17H,9H2,1H3,(H,22,23)/t10-,17-/m1/s1. The normalized spacial score (nSPS) is 20.0. The van der Waals surface area contributed by atoms with Crippen molar-refractivity contribution in [1.29, 1.82) is 0 Å². The Morgan fingerprint density at radius 2 is 1.88 bits per heavy atom. The van der Waals surface area contributed by atoms with Gasteiger partial charge in [-0.2, -0.15) is 0 Å². The molecule has 0 aromatic heterocycles. The van der Waals surface area contributed by atoms with Crippen molar-refractivity contribution in [2.75, 3.05) is 6.54 Å². The molecule has 0 saturated heterocycles. The molecule has 1 aliphatic rings. The monoisotopic (exact) mass is 363 g/mol. The number of nitrogens with zero attached hydrogens (tertiary/aromatic N) is 1. The van der Waals surface area contributed by atoms with E-state index >= 15 is 0 Å². The molecule has 24 heavy (non-hydrogen) atoms. The smallest absolute Gasteiger partial charge is 0.323 e. The highest BCUT2D eigenvalue weighted by atomic mass is 35.5. The fourth-order valence-electron chi connectivity index (χ4n) is 3.30. The highest BCUT2D eigenvalue weighted by molar-refractivity contribution is 6.35. The topological polar surface area (TPSA) is 57.6 Å². The number of fused-ring (bicyclic) bond motifs is 1. The summed E-state index contributed by atoms with van der Waals surface area (Å²) in [6.45, 7) is 1.58. The van der Waals surface area contributed by atoms with Crippen LogP contribution in [0.2, 0.25) is 10.0 Å². The van der Waals surface area contributed by atoms with E-state index in [4.69, 9.17) is 23.2 Å². The Bertz CT molecular complexity index is 822. The van der Waals surface area contributed by atoms with Gasteiger partial charge in [-0.1, -0.05) is 54.4 Å². The summed E-state index contributed by atoms with van der Waals surface area (Å²) in [6, 6.07) is 11.9. The SMILES string of the molecule is C[C@@H]1c2ccccc2C(=O)N(CC(=O)O)[C@H]1c1ccc(Cl)cc1Cl. The molecule has 1 heterocycles. The molecule has 0 saturated carbocycles. The molecule has 4 nitrogen and oxygen atoms in total. The lowest BCUT2D eigenvalue weighted by Gasteiger charge is -2.40. The second-order valence-corrected chi connectivity index (χ2v) is 6.66. The van der Waals surface area contributed by atoms with Crippen LogP contribution >= 0.6 is 23.2 Å². The van der Waals surface area contributed by atoms with Gasteiger partial charge in [0.1, 0.15) is 6.54 Å². The van der Waals surface area contributed by atoms with E-state index in [1.807, 2.05) is 19.1 Å². The number of benzene rings is 2. The van der Waals surface area contributed by atoms with Crippen molar-refractivity contribution in [2.45, 2.75) is 18.9 Å². The number of carboxylic acid groups (broad SMARTS) is 1. The summed E-state index contributed by atoms with van der Waals surface area (Å²) in [5.74, 6) is -1.47. The molecule has 1 amide bonds. The molecule has 0 spiro atoms. The molecular weight excluding hydrogens is 349 g/mol. The van der Waals surface area contributed by atoms with Crippen LogP contribution in [0, 0.1) is 0 Å². The Balaban J connectivity index is 2.17. The molecule has 1 aliphatic heterocycles. The molecule has 0 unspecified atom stereocenters. The predicted molar refractivity (Wildman–Crippen MR) is 92.7 cm³/mol. The van der Waals surface area contributed by atoms with Crippen molar-refractivity contribution in [3.8, 4) is 0 Å². The van der Waals surface area contributed by atoms with Crippen LogP contribution in [0.15, 0.2) is 42.5 Å². The molecule has 0 radical (unpaired) electrons. The van der Waals surface area contributed by atoms with Gasteiger partial charge in [0.2, 0.25) is 0 Å². The molecule has 2 aromatic rings. The van der Waals surface area contributed by atoms with Gasteiger partial charge in [-0.15, -0.1) is 0 Å². The third-order valence-corrected chi connectivity index (χ3v) is 4.90. The average Bonchev–Trinajstić information content (AvgIpc) is 2.53. The summed E-state index contributed by atoms with van der Waals surface area (Å²) >= 11 is 12.3. The Hall–Kier alpha value is -2.04. The van der Waals surface area contributed by atoms with Gasteiger partial charge < -0.3 is 10.0 Å². The van der Waals surface area contributed by atoms with E-state index in [1.54, 1.807) is 30.3 Å². The Labute approximate surface area is 149 Å². The molecule has 2 aromatic carbocycles. The fraction of sp³-hybridized carbons (Fsp3) is 0.222. The van der Waals surface area contributed by atoms with E-state index in [0.29, 0.717) is 21.2 Å². The maximum Gasteiger partial charge on any atom is 0.323 e. The summed E-state index contributed by atoms with van der Waals surface area (Å²) < 4.78 is 0. The first-order valence-electron chi connectivity index (χ1n) is 7.46. The number of carbonyl (C=O) groups is 2. The fourth-order valence-corrected chi connectivity index (χ4v) is 3.82. The number of hydrogen-bond donors (Lipinski definition) is 1. The van der Waals surface area contributed by atoms with Gasteiger partial charge >= 0.3 is 5.97 Å². The highest BCUT2D eigenvalue weighted by Gasteiger charge is 2.39. The number of carbonyl (C=O) groups excluding carboxylic acids is 1.